The van der Waals surface area contributed by atoms with Gasteiger partial charge in [-0.1, -0.05) is 0 Å². The van der Waals surface area contributed by atoms with Crippen molar-refractivity contribution in [2.24, 2.45) is 10.2 Å². The van der Waals surface area contributed by atoms with Crippen LogP contribution in [0.15, 0.2) is 52.8 Å². The fraction of sp³-hybridized carbons (Fsp3) is 0.118. The minimum absolute atomic E-state index is 0.0298. The Bertz CT molecular complexity index is 1010. The van der Waals surface area contributed by atoms with Crippen LogP contribution >= 0.6 is 0 Å². The maximum Gasteiger partial charge on any atom is 0.358 e. The first-order valence-electron chi connectivity index (χ1n) is 7.63. The van der Waals surface area contributed by atoms with Crippen molar-refractivity contribution in [1.29, 1.82) is 0 Å². The molecule has 3 rings (SSSR count). The number of rotatable bonds is 5. The zero-order valence-electron chi connectivity index (χ0n) is 13.7. The largest absolute Gasteiger partial charge is 0.504 e. The van der Waals surface area contributed by atoms with E-state index in [4.69, 9.17) is 4.74 Å². The summed E-state index contributed by atoms with van der Waals surface area (Å²) in [5, 5.41) is 27.0. The number of carboxylic acid groups (broad SMARTS) is 1. The summed E-state index contributed by atoms with van der Waals surface area (Å²) in [6.07, 6.45) is 1.52. The van der Waals surface area contributed by atoms with Gasteiger partial charge in [-0.05, 0) is 43.3 Å². The molecule has 0 aliphatic rings. The minimum Gasteiger partial charge on any atom is -0.504 e. The molecule has 0 fully saturated rings. The highest BCUT2D eigenvalue weighted by Gasteiger charge is 2.20. The SMILES string of the molecule is CCOC(=O)c1ccc(N=Nc2c(C(=O)O)nc3c(O)cccn23)cc1. The maximum atomic E-state index is 11.6. The molecule has 0 unspecified atom stereocenters. The molecule has 132 valence electrons. The van der Waals surface area contributed by atoms with Gasteiger partial charge in [0.25, 0.3) is 0 Å². The van der Waals surface area contributed by atoms with E-state index in [1.807, 2.05) is 0 Å². The number of carbonyl (C=O) groups excluding carboxylic acids is 1. The molecule has 1 aromatic carbocycles. The van der Waals surface area contributed by atoms with Crippen LogP contribution in [-0.4, -0.2) is 38.1 Å². The van der Waals surface area contributed by atoms with Crippen molar-refractivity contribution in [2.45, 2.75) is 6.92 Å². The van der Waals surface area contributed by atoms with Crippen molar-refractivity contribution in [3.05, 3.63) is 53.9 Å². The summed E-state index contributed by atoms with van der Waals surface area (Å²) < 4.78 is 6.22. The molecule has 0 aliphatic carbocycles. The molecule has 2 N–H and O–H groups in total. The van der Waals surface area contributed by atoms with E-state index >= 15 is 0 Å². The number of esters is 1. The Morgan fingerprint density at radius 2 is 1.92 bits per heavy atom. The van der Waals surface area contributed by atoms with Crippen molar-refractivity contribution in [3.8, 4) is 5.75 Å². The van der Waals surface area contributed by atoms with Crippen LogP contribution in [0, 0.1) is 0 Å². The Morgan fingerprint density at radius 3 is 2.58 bits per heavy atom. The topological polar surface area (TPSA) is 126 Å². The van der Waals surface area contributed by atoms with Crippen LogP contribution in [0.25, 0.3) is 5.65 Å². The van der Waals surface area contributed by atoms with E-state index in [-0.39, 0.29) is 29.5 Å². The monoisotopic (exact) mass is 354 g/mol. The summed E-state index contributed by atoms with van der Waals surface area (Å²) in [5.41, 5.74) is 0.510. The van der Waals surface area contributed by atoms with Crippen LogP contribution in [-0.2, 0) is 4.74 Å². The van der Waals surface area contributed by atoms with E-state index in [9.17, 15) is 19.8 Å². The van der Waals surface area contributed by atoms with Gasteiger partial charge in [0, 0.05) is 6.20 Å². The van der Waals surface area contributed by atoms with Crippen LogP contribution < -0.4 is 0 Å². The number of imidazole rings is 1. The smallest absolute Gasteiger partial charge is 0.358 e. The molecular weight excluding hydrogens is 340 g/mol. The van der Waals surface area contributed by atoms with Crippen molar-refractivity contribution >= 4 is 29.1 Å². The Morgan fingerprint density at radius 1 is 1.19 bits per heavy atom. The average molecular weight is 354 g/mol. The standard InChI is InChI=1S/C17H14N4O5/c1-2-26-17(25)10-5-7-11(8-6-10)19-20-15-13(16(23)24)18-14-12(22)4-3-9-21(14)15/h3-9,22H,2H2,1H3,(H,23,24). The van der Waals surface area contributed by atoms with Gasteiger partial charge in [-0.25, -0.2) is 14.6 Å². The fourth-order valence-electron chi connectivity index (χ4n) is 2.26. The molecule has 26 heavy (non-hydrogen) atoms. The van der Waals surface area contributed by atoms with Gasteiger partial charge in [0.15, 0.2) is 22.9 Å². The Labute approximate surface area is 147 Å². The summed E-state index contributed by atoms with van der Waals surface area (Å²) in [4.78, 5) is 26.9. The molecule has 3 aromatic rings. The highest BCUT2D eigenvalue weighted by Crippen LogP contribution is 2.28. The van der Waals surface area contributed by atoms with Crippen molar-refractivity contribution < 1.29 is 24.5 Å². The predicted molar refractivity (Wildman–Crippen MR) is 90.4 cm³/mol. The molecular formula is C17H14N4O5. The number of hydrogen-bond acceptors (Lipinski definition) is 7. The van der Waals surface area contributed by atoms with Crippen molar-refractivity contribution in [2.75, 3.05) is 6.61 Å². The van der Waals surface area contributed by atoms with Crippen LogP contribution in [0.4, 0.5) is 11.5 Å². The zero-order valence-corrected chi connectivity index (χ0v) is 13.7. The van der Waals surface area contributed by atoms with Crippen LogP contribution in [0.2, 0.25) is 0 Å². The first-order chi connectivity index (χ1) is 12.5. The molecule has 0 aliphatic heterocycles. The van der Waals surface area contributed by atoms with Gasteiger partial charge >= 0.3 is 11.9 Å². The number of nitrogens with zero attached hydrogens (tertiary/aromatic N) is 4. The van der Waals surface area contributed by atoms with Crippen LogP contribution in [0.1, 0.15) is 27.8 Å². The summed E-state index contributed by atoms with van der Waals surface area (Å²) in [6.45, 7) is 1.99. The summed E-state index contributed by atoms with van der Waals surface area (Å²) in [6, 6.07) is 9.09. The highest BCUT2D eigenvalue weighted by molar-refractivity contribution is 5.92. The van der Waals surface area contributed by atoms with Crippen molar-refractivity contribution in [3.63, 3.8) is 0 Å². The van der Waals surface area contributed by atoms with E-state index in [0.29, 0.717) is 11.3 Å². The van der Waals surface area contributed by atoms with Crippen LogP contribution in [0.5, 0.6) is 5.75 Å². The quantitative estimate of drug-likeness (QED) is 0.534. The van der Waals surface area contributed by atoms with Crippen molar-refractivity contribution in [1.82, 2.24) is 9.38 Å². The highest BCUT2D eigenvalue weighted by atomic mass is 16.5. The second kappa shape index (κ2) is 7.01. The maximum absolute atomic E-state index is 11.6. The molecule has 0 radical (unpaired) electrons. The minimum atomic E-state index is -1.29. The molecule has 2 heterocycles. The van der Waals surface area contributed by atoms with E-state index in [0.717, 1.165) is 0 Å². The van der Waals surface area contributed by atoms with E-state index < -0.39 is 11.9 Å². The molecule has 0 saturated carbocycles. The average Bonchev–Trinajstić information content (AvgIpc) is 3.01. The van der Waals surface area contributed by atoms with E-state index in [1.54, 1.807) is 19.1 Å². The summed E-state index contributed by atoms with van der Waals surface area (Å²) >= 11 is 0. The molecule has 0 amide bonds. The van der Waals surface area contributed by atoms with Gasteiger partial charge in [0.05, 0.1) is 17.9 Å². The van der Waals surface area contributed by atoms with E-state index in [2.05, 4.69) is 15.2 Å². The van der Waals surface area contributed by atoms with Gasteiger partial charge in [0.2, 0.25) is 0 Å². The van der Waals surface area contributed by atoms with E-state index in [1.165, 1.54) is 34.9 Å². The predicted octanol–water partition coefficient (Wildman–Crippen LogP) is 3.33. The number of benzene rings is 1. The molecule has 0 bridgehead atoms. The number of azo groups is 1. The van der Waals surface area contributed by atoms with Gasteiger partial charge in [-0.2, -0.15) is 0 Å². The van der Waals surface area contributed by atoms with Gasteiger partial charge in [0.1, 0.15) is 0 Å². The number of aromatic carboxylic acids is 1. The molecule has 2 aromatic heterocycles. The molecule has 0 atom stereocenters. The third kappa shape index (κ3) is 3.22. The van der Waals surface area contributed by atoms with Gasteiger partial charge < -0.3 is 14.9 Å². The molecule has 0 spiro atoms. The number of aromatic nitrogens is 2. The van der Waals surface area contributed by atoms with Gasteiger partial charge in [-0.15, -0.1) is 10.2 Å². The second-order valence-corrected chi connectivity index (χ2v) is 5.14. The lowest BCUT2D eigenvalue weighted by Crippen LogP contribution is -2.03. The number of hydrogen-bond donors (Lipinski definition) is 2. The van der Waals surface area contributed by atoms with Gasteiger partial charge in [-0.3, -0.25) is 4.40 Å². The summed E-state index contributed by atoms with van der Waals surface area (Å²) in [5.74, 6) is -1.94. The Hall–Kier alpha value is -3.75. The first kappa shape index (κ1) is 17.1. The lowest BCUT2D eigenvalue weighted by Gasteiger charge is -2.01. The molecule has 0 saturated heterocycles. The Balaban J connectivity index is 1.95. The third-order valence-electron chi connectivity index (χ3n) is 3.45. The number of fused-ring (bicyclic) bond motifs is 1. The number of carboxylic acids is 1. The second-order valence-electron chi connectivity index (χ2n) is 5.14. The first-order valence-corrected chi connectivity index (χ1v) is 7.63. The lowest BCUT2D eigenvalue weighted by molar-refractivity contribution is 0.0526. The number of carbonyl (C=O) groups is 2. The summed E-state index contributed by atoms with van der Waals surface area (Å²) in [7, 11) is 0. The zero-order chi connectivity index (χ0) is 18.7. The third-order valence-corrected chi connectivity index (χ3v) is 3.45. The normalized spacial score (nSPS) is 11.1. The molecule has 9 heteroatoms. The lowest BCUT2D eigenvalue weighted by atomic mass is 10.2. The molecule has 9 nitrogen and oxygen atoms in total. The fourth-order valence-corrected chi connectivity index (χ4v) is 2.26. The van der Waals surface area contributed by atoms with Crippen LogP contribution in [0.3, 0.4) is 0 Å². The number of pyridine rings is 1. The Kier molecular flexibility index (Phi) is 4.61. The number of ether oxygens (including phenoxy) is 1. The number of aromatic hydroxyl groups is 1.